The van der Waals surface area contributed by atoms with Crippen LogP contribution in [-0.2, 0) is 6.18 Å². The number of anilines is 1. The lowest BCUT2D eigenvalue weighted by Gasteiger charge is -2.08. The number of nitrogens with zero attached hydrogens (tertiary/aromatic N) is 2. The molecule has 2 aromatic heterocycles. The average Bonchev–Trinajstić information content (AvgIpc) is 2.87. The van der Waals surface area contributed by atoms with Crippen LogP contribution in [0.4, 0.5) is 19.0 Å². The van der Waals surface area contributed by atoms with Crippen LogP contribution in [0, 0.1) is 0 Å². The number of rotatable bonds is 1. The van der Waals surface area contributed by atoms with Gasteiger partial charge < -0.3 is 5.73 Å². The fourth-order valence-electron chi connectivity index (χ4n) is 1.84. The number of nitrogen functional groups attached to an aromatic ring is 1. The first-order chi connectivity index (χ1) is 9.45. The lowest BCUT2D eigenvalue weighted by atomic mass is 10.1. The summed E-state index contributed by atoms with van der Waals surface area (Å²) in [6.07, 6.45) is -4.39. The fraction of sp³-hybridized carbons (Fsp3) is 0.0769. The zero-order valence-electron chi connectivity index (χ0n) is 9.98. The van der Waals surface area contributed by atoms with Gasteiger partial charge in [-0.05, 0) is 23.6 Å². The van der Waals surface area contributed by atoms with Crippen molar-refractivity contribution < 1.29 is 13.2 Å². The predicted molar refractivity (Wildman–Crippen MR) is 72.3 cm³/mol. The quantitative estimate of drug-likeness (QED) is 0.739. The molecule has 0 amide bonds. The number of fused-ring (bicyclic) bond motifs is 1. The number of nitrogens with two attached hydrogens (primary N) is 1. The third kappa shape index (κ3) is 2.20. The van der Waals surface area contributed by atoms with Crippen LogP contribution in [0.5, 0.6) is 0 Å². The molecule has 0 aliphatic carbocycles. The lowest BCUT2D eigenvalue weighted by molar-refractivity contribution is -0.137. The van der Waals surface area contributed by atoms with E-state index in [1.54, 1.807) is 6.07 Å². The maximum absolute atomic E-state index is 12.7. The van der Waals surface area contributed by atoms with Crippen LogP contribution in [0.25, 0.3) is 21.6 Å². The van der Waals surface area contributed by atoms with Crippen molar-refractivity contribution in [2.75, 3.05) is 5.73 Å². The van der Waals surface area contributed by atoms with Crippen LogP contribution >= 0.6 is 11.3 Å². The molecule has 1 aromatic carbocycles. The van der Waals surface area contributed by atoms with Crippen LogP contribution < -0.4 is 5.73 Å². The summed E-state index contributed by atoms with van der Waals surface area (Å²) in [5, 5.41) is 2.52. The van der Waals surface area contributed by atoms with E-state index in [0.29, 0.717) is 15.8 Å². The maximum atomic E-state index is 12.7. The molecular weight excluding hydrogens is 287 g/mol. The number of benzene rings is 1. The van der Waals surface area contributed by atoms with Gasteiger partial charge in [0.25, 0.3) is 0 Å². The monoisotopic (exact) mass is 295 g/mol. The zero-order chi connectivity index (χ0) is 14.3. The van der Waals surface area contributed by atoms with Crippen LogP contribution in [0.2, 0.25) is 0 Å². The van der Waals surface area contributed by atoms with Crippen molar-refractivity contribution >= 4 is 27.4 Å². The molecule has 0 aliphatic heterocycles. The van der Waals surface area contributed by atoms with E-state index in [-0.39, 0.29) is 11.6 Å². The van der Waals surface area contributed by atoms with Crippen molar-refractivity contribution in [3.8, 4) is 11.4 Å². The number of hydrogen-bond donors (Lipinski definition) is 1. The summed E-state index contributed by atoms with van der Waals surface area (Å²) in [4.78, 5) is 8.98. The van der Waals surface area contributed by atoms with Crippen LogP contribution in [-0.4, -0.2) is 9.97 Å². The van der Waals surface area contributed by atoms with Gasteiger partial charge in [0.1, 0.15) is 10.6 Å². The van der Waals surface area contributed by atoms with Gasteiger partial charge in [-0.1, -0.05) is 12.1 Å². The third-order valence-electron chi connectivity index (χ3n) is 2.80. The molecule has 0 aliphatic rings. The van der Waals surface area contributed by atoms with Gasteiger partial charge in [0.15, 0.2) is 5.82 Å². The Balaban J connectivity index is 2.15. The molecule has 102 valence electrons. The van der Waals surface area contributed by atoms with Gasteiger partial charge in [-0.3, -0.25) is 0 Å². The summed E-state index contributed by atoms with van der Waals surface area (Å²) in [5.74, 6) is 0.465. The Labute approximate surface area is 115 Å². The molecule has 0 bridgehead atoms. The molecule has 0 radical (unpaired) electrons. The number of halogens is 3. The second-order valence-corrected chi connectivity index (χ2v) is 5.05. The summed E-state index contributed by atoms with van der Waals surface area (Å²) in [6, 6.07) is 6.68. The average molecular weight is 295 g/mol. The highest BCUT2D eigenvalue weighted by Gasteiger charge is 2.30. The number of hydrogen-bond acceptors (Lipinski definition) is 4. The predicted octanol–water partition coefficient (Wildman–Crippen LogP) is 3.96. The molecule has 2 heterocycles. The molecule has 0 atom stereocenters. The molecule has 2 N–H and O–H groups in total. The molecule has 7 heteroatoms. The summed E-state index contributed by atoms with van der Waals surface area (Å²) in [7, 11) is 0. The molecule has 3 aromatic rings. The minimum Gasteiger partial charge on any atom is -0.383 e. The molecule has 0 spiro atoms. The van der Waals surface area contributed by atoms with Gasteiger partial charge >= 0.3 is 6.18 Å². The Bertz CT molecular complexity index is 780. The second-order valence-electron chi connectivity index (χ2n) is 4.15. The molecule has 0 fully saturated rings. The summed E-state index contributed by atoms with van der Waals surface area (Å²) < 4.78 is 38.1. The van der Waals surface area contributed by atoms with Crippen molar-refractivity contribution in [2.45, 2.75) is 6.18 Å². The van der Waals surface area contributed by atoms with Crippen molar-refractivity contribution in [1.29, 1.82) is 0 Å². The third-order valence-corrected chi connectivity index (χ3v) is 3.61. The van der Waals surface area contributed by atoms with E-state index < -0.39 is 11.7 Å². The van der Waals surface area contributed by atoms with E-state index in [0.717, 1.165) is 12.1 Å². The van der Waals surface area contributed by atoms with E-state index in [4.69, 9.17) is 5.73 Å². The number of aromatic nitrogens is 2. The Morgan fingerprint density at radius 2 is 1.90 bits per heavy atom. The first-order valence-electron chi connectivity index (χ1n) is 5.63. The second kappa shape index (κ2) is 4.45. The van der Waals surface area contributed by atoms with E-state index in [1.165, 1.54) is 23.5 Å². The Morgan fingerprint density at radius 3 is 2.65 bits per heavy atom. The Kier molecular flexibility index (Phi) is 2.86. The van der Waals surface area contributed by atoms with Gasteiger partial charge in [0.05, 0.1) is 10.9 Å². The lowest BCUT2D eigenvalue weighted by Crippen LogP contribution is -2.05. The molecule has 20 heavy (non-hydrogen) atoms. The van der Waals surface area contributed by atoms with Gasteiger partial charge in [-0.2, -0.15) is 13.2 Å². The highest BCUT2D eigenvalue weighted by atomic mass is 32.1. The number of thiophene rings is 1. The Hall–Kier alpha value is -2.15. The van der Waals surface area contributed by atoms with Gasteiger partial charge in [0.2, 0.25) is 0 Å². The van der Waals surface area contributed by atoms with Crippen LogP contribution in [0.3, 0.4) is 0 Å². The van der Waals surface area contributed by atoms with Gasteiger partial charge in [-0.15, -0.1) is 11.3 Å². The largest absolute Gasteiger partial charge is 0.416 e. The smallest absolute Gasteiger partial charge is 0.383 e. The summed E-state index contributed by atoms with van der Waals surface area (Å²) in [5.41, 5.74) is 5.36. The van der Waals surface area contributed by atoms with Crippen LogP contribution in [0.15, 0.2) is 35.7 Å². The standard InChI is InChI=1S/C13H8F3N3S/c14-13(15,16)8-3-1-2-7(6-8)11-18-10(17)9-4-5-20-12(9)19-11/h1-6H,(H2,17,18,19). The van der Waals surface area contributed by atoms with Crippen molar-refractivity contribution in [3.63, 3.8) is 0 Å². The topological polar surface area (TPSA) is 51.8 Å². The normalized spacial score (nSPS) is 11.9. The molecule has 0 saturated heterocycles. The van der Waals surface area contributed by atoms with Gasteiger partial charge in [-0.25, -0.2) is 9.97 Å². The minimum atomic E-state index is -4.39. The van der Waals surface area contributed by atoms with Crippen LogP contribution in [0.1, 0.15) is 5.56 Å². The Morgan fingerprint density at radius 1 is 1.10 bits per heavy atom. The maximum Gasteiger partial charge on any atom is 0.416 e. The summed E-state index contributed by atoms with van der Waals surface area (Å²) in [6.45, 7) is 0. The molecule has 3 nitrogen and oxygen atoms in total. The molecular formula is C13H8F3N3S. The zero-order valence-corrected chi connectivity index (χ0v) is 10.8. The van der Waals surface area contributed by atoms with E-state index >= 15 is 0 Å². The van der Waals surface area contributed by atoms with Crippen molar-refractivity contribution in [2.24, 2.45) is 0 Å². The van der Waals surface area contributed by atoms with Gasteiger partial charge in [0, 0.05) is 5.56 Å². The molecule has 3 rings (SSSR count). The first-order valence-corrected chi connectivity index (χ1v) is 6.51. The highest BCUT2D eigenvalue weighted by molar-refractivity contribution is 7.16. The highest BCUT2D eigenvalue weighted by Crippen LogP contribution is 2.32. The van der Waals surface area contributed by atoms with Crippen molar-refractivity contribution in [3.05, 3.63) is 41.3 Å². The molecule has 0 unspecified atom stereocenters. The minimum absolute atomic E-state index is 0.198. The SMILES string of the molecule is Nc1nc(-c2cccc(C(F)(F)F)c2)nc2sccc12. The van der Waals surface area contributed by atoms with E-state index in [9.17, 15) is 13.2 Å². The summed E-state index contributed by atoms with van der Waals surface area (Å²) >= 11 is 1.37. The first kappa shape index (κ1) is 12.9. The van der Waals surface area contributed by atoms with E-state index in [2.05, 4.69) is 9.97 Å². The van der Waals surface area contributed by atoms with E-state index in [1.807, 2.05) is 5.38 Å². The van der Waals surface area contributed by atoms with Crippen molar-refractivity contribution in [1.82, 2.24) is 9.97 Å². The molecule has 0 saturated carbocycles. The number of alkyl halides is 3. The fourth-order valence-corrected chi connectivity index (χ4v) is 2.61.